The van der Waals surface area contributed by atoms with Crippen molar-refractivity contribution < 1.29 is 19.1 Å². The van der Waals surface area contributed by atoms with Crippen molar-refractivity contribution in [1.29, 1.82) is 0 Å². The summed E-state index contributed by atoms with van der Waals surface area (Å²) in [6, 6.07) is 7.40. The molecule has 2 aromatic rings. The molecule has 0 spiro atoms. The molecule has 0 atom stereocenters. The first kappa shape index (κ1) is 14.1. The fourth-order valence-electron chi connectivity index (χ4n) is 2.06. The summed E-state index contributed by atoms with van der Waals surface area (Å²) >= 11 is 0. The zero-order valence-corrected chi connectivity index (χ0v) is 11.5. The molecule has 20 heavy (non-hydrogen) atoms. The Kier molecular flexibility index (Phi) is 4.08. The Hall–Kier alpha value is -2.30. The van der Waals surface area contributed by atoms with Crippen molar-refractivity contribution in [3.63, 3.8) is 0 Å². The van der Waals surface area contributed by atoms with Crippen LogP contribution in [-0.4, -0.2) is 35.0 Å². The molecule has 0 unspecified atom stereocenters. The summed E-state index contributed by atoms with van der Waals surface area (Å²) in [5.41, 5.74) is 1.75. The molecule has 0 saturated heterocycles. The molecular weight excluding hydrogens is 258 g/mol. The third-order valence-corrected chi connectivity index (χ3v) is 3.15. The lowest BCUT2D eigenvalue weighted by atomic mass is 10.2. The molecule has 0 saturated carbocycles. The Bertz CT molecular complexity index is 644. The SMILES string of the molecule is CCN(CCC(=O)O)C(=O)c1cc2cc(C)ccc2o1. The number of fused-ring (bicyclic) bond motifs is 1. The van der Waals surface area contributed by atoms with Gasteiger partial charge in [0.2, 0.25) is 0 Å². The first-order valence-electron chi connectivity index (χ1n) is 6.52. The minimum Gasteiger partial charge on any atom is -0.481 e. The van der Waals surface area contributed by atoms with E-state index in [0.717, 1.165) is 10.9 Å². The molecule has 1 heterocycles. The largest absolute Gasteiger partial charge is 0.481 e. The monoisotopic (exact) mass is 275 g/mol. The Morgan fingerprint density at radius 1 is 1.30 bits per heavy atom. The number of amides is 1. The number of aliphatic carboxylic acids is 1. The highest BCUT2D eigenvalue weighted by Gasteiger charge is 2.19. The summed E-state index contributed by atoms with van der Waals surface area (Å²) in [6.45, 7) is 4.41. The molecule has 0 fully saturated rings. The molecular formula is C15H17NO4. The molecule has 0 aliphatic carbocycles. The van der Waals surface area contributed by atoms with E-state index >= 15 is 0 Å². The lowest BCUT2D eigenvalue weighted by Gasteiger charge is -2.18. The van der Waals surface area contributed by atoms with Gasteiger partial charge < -0.3 is 14.4 Å². The summed E-state index contributed by atoms with van der Waals surface area (Å²) in [7, 11) is 0. The molecule has 0 aliphatic heterocycles. The second-order valence-electron chi connectivity index (χ2n) is 4.68. The van der Waals surface area contributed by atoms with Gasteiger partial charge in [-0.05, 0) is 32.0 Å². The van der Waals surface area contributed by atoms with Crippen molar-refractivity contribution >= 4 is 22.8 Å². The molecule has 1 N–H and O–H groups in total. The maximum atomic E-state index is 12.3. The minimum absolute atomic E-state index is 0.0705. The molecule has 1 aromatic carbocycles. The standard InChI is InChI=1S/C15H17NO4/c1-3-16(7-6-14(17)18)15(19)13-9-11-8-10(2)4-5-12(11)20-13/h4-5,8-9H,3,6-7H2,1-2H3,(H,17,18). The van der Waals surface area contributed by atoms with E-state index in [9.17, 15) is 9.59 Å². The van der Waals surface area contributed by atoms with E-state index in [2.05, 4.69) is 0 Å². The van der Waals surface area contributed by atoms with Gasteiger partial charge in [0, 0.05) is 18.5 Å². The Morgan fingerprint density at radius 2 is 2.05 bits per heavy atom. The van der Waals surface area contributed by atoms with Gasteiger partial charge in [0.1, 0.15) is 5.58 Å². The van der Waals surface area contributed by atoms with Crippen LogP contribution in [0.25, 0.3) is 11.0 Å². The highest BCUT2D eigenvalue weighted by molar-refractivity contribution is 5.96. The first-order chi connectivity index (χ1) is 9.51. The van der Waals surface area contributed by atoms with Crippen LogP contribution >= 0.6 is 0 Å². The maximum Gasteiger partial charge on any atom is 0.305 e. The molecule has 0 aliphatic rings. The Labute approximate surface area is 116 Å². The topological polar surface area (TPSA) is 70.8 Å². The second kappa shape index (κ2) is 5.77. The summed E-state index contributed by atoms with van der Waals surface area (Å²) in [5, 5.41) is 9.57. The van der Waals surface area contributed by atoms with Crippen LogP contribution in [0.3, 0.4) is 0 Å². The van der Waals surface area contributed by atoms with Gasteiger partial charge in [0.15, 0.2) is 5.76 Å². The highest BCUT2D eigenvalue weighted by Crippen LogP contribution is 2.21. The highest BCUT2D eigenvalue weighted by atomic mass is 16.4. The van der Waals surface area contributed by atoms with E-state index in [1.54, 1.807) is 6.07 Å². The number of aryl methyl sites for hydroxylation is 1. The van der Waals surface area contributed by atoms with Gasteiger partial charge in [-0.15, -0.1) is 0 Å². The maximum absolute atomic E-state index is 12.3. The summed E-state index contributed by atoms with van der Waals surface area (Å²) in [4.78, 5) is 24.3. The van der Waals surface area contributed by atoms with E-state index in [0.29, 0.717) is 12.1 Å². The third-order valence-electron chi connectivity index (χ3n) is 3.15. The average molecular weight is 275 g/mol. The van der Waals surface area contributed by atoms with E-state index < -0.39 is 5.97 Å². The summed E-state index contributed by atoms with van der Waals surface area (Å²) in [6.07, 6.45) is -0.0705. The predicted molar refractivity (Wildman–Crippen MR) is 74.8 cm³/mol. The van der Waals surface area contributed by atoms with Gasteiger partial charge in [-0.2, -0.15) is 0 Å². The Morgan fingerprint density at radius 3 is 2.70 bits per heavy atom. The number of benzene rings is 1. The number of rotatable bonds is 5. The number of hydrogen-bond donors (Lipinski definition) is 1. The van der Waals surface area contributed by atoms with E-state index in [-0.39, 0.29) is 24.6 Å². The summed E-state index contributed by atoms with van der Waals surface area (Å²) in [5.74, 6) is -0.947. The number of carboxylic acids is 1. The average Bonchev–Trinajstić information content (AvgIpc) is 2.81. The molecule has 1 aromatic heterocycles. The smallest absolute Gasteiger partial charge is 0.305 e. The molecule has 5 nitrogen and oxygen atoms in total. The number of carboxylic acid groups (broad SMARTS) is 1. The van der Waals surface area contributed by atoms with Crippen molar-refractivity contribution in [3.8, 4) is 0 Å². The van der Waals surface area contributed by atoms with Gasteiger partial charge in [-0.3, -0.25) is 9.59 Å². The van der Waals surface area contributed by atoms with Gasteiger partial charge in [-0.1, -0.05) is 11.6 Å². The molecule has 0 bridgehead atoms. The molecule has 106 valence electrons. The van der Waals surface area contributed by atoms with Crippen LogP contribution in [0.2, 0.25) is 0 Å². The van der Waals surface area contributed by atoms with Gasteiger partial charge in [-0.25, -0.2) is 0 Å². The van der Waals surface area contributed by atoms with Gasteiger partial charge in [0.05, 0.1) is 6.42 Å². The van der Waals surface area contributed by atoms with E-state index in [1.807, 2.05) is 32.0 Å². The fourth-order valence-corrected chi connectivity index (χ4v) is 2.06. The van der Waals surface area contributed by atoms with Gasteiger partial charge in [0.25, 0.3) is 5.91 Å². The van der Waals surface area contributed by atoms with Crippen LogP contribution in [-0.2, 0) is 4.79 Å². The predicted octanol–water partition coefficient (Wildman–Crippen LogP) is 2.68. The van der Waals surface area contributed by atoms with Crippen molar-refractivity contribution in [3.05, 3.63) is 35.6 Å². The summed E-state index contributed by atoms with van der Waals surface area (Å²) < 4.78 is 5.54. The molecule has 1 amide bonds. The van der Waals surface area contributed by atoms with Crippen molar-refractivity contribution in [1.82, 2.24) is 4.90 Å². The van der Waals surface area contributed by atoms with Crippen molar-refractivity contribution in [2.45, 2.75) is 20.3 Å². The number of hydrogen-bond acceptors (Lipinski definition) is 3. The van der Waals surface area contributed by atoms with Crippen LogP contribution in [0.5, 0.6) is 0 Å². The lowest BCUT2D eigenvalue weighted by molar-refractivity contribution is -0.137. The number of carbonyl (C=O) groups is 2. The minimum atomic E-state index is -0.920. The molecule has 0 radical (unpaired) electrons. The third kappa shape index (κ3) is 2.99. The fraction of sp³-hybridized carbons (Fsp3) is 0.333. The van der Waals surface area contributed by atoms with Crippen molar-refractivity contribution in [2.24, 2.45) is 0 Å². The zero-order valence-electron chi connectivity index (χ0n) is 11.5. The van der Waals surface area contributed by atoms with E-state index in [4.69, 9.17) is 9.52 Å². The van der Waals surface area contributed by atoms with Crippen LogP contribution < -0.4 is 0 Å². The Balaban J connectivity index is 2.22. The van der Waals surface area contributed by atoms with Crippen LogP contribution in [0.4, 0.5) is 0 Å². The normalized spacial score (nSPS) is 10.7. The van der Waals surface area contributed by atoms with Crippen LogP contribution in [0.15, 0.2) is 28.7 Å². The van der Waals surface area contributed by atoms with Crippen molar-refractivity contribution in [2.75, 3.05) is 13.1 Å². The van der Waals surface area contributed by atoms with Crippen LogP contribution in [0.1, 0.15) is 29.5 Å². The van der Waals surface area contributed by atoms with Crippen LogP contribution in [0, 0.1) is 6.92 Å². The number of nitrogens with zero attached hydrogens (tertiary/aromatic N) is 1. The quantitative estimate of drug-likeness (QED) is 0.910. The molecule has 5 heteroatoms. The number of carbonyl (C=O) groups excluding carboxylic acids is 1. The first-order valence-corrected chi connectivity index (χ1v) is 6.52. The number of furan rings is 1. The lowest BCUT2D eigenvalue weighted by Crippen LogP contribution is -2.32. The van der Waals surface area contributed by atoms with Gasteiger partial charge >= 0.3 is 5.97 Å². The zero-order chi connectivity index (χ0) is 14.7. The molecule has 2 rings (SSSR count). The second-order valence-corrected chi connectivity index (χ2v) is 4.68. The van der Waals surface area contributed by atoms with E-state index in [1.165, 1.54) is 4.90 Å².